The molecule has 0 saturated carbocycles. The average molecular weight is 449 g/mol. The normalized spacial score (nSPS) is 19.2. The Morgan fingerprint density at radius 2 is 1.36 bits per heavy atom. The zero-order valence-corrected chi connectivity index (χ0v) is 20.0. The van der Waals surface area contributed by atoms with Gasteiger partial charge in [-0.1, -0.05) is 32.0 Å². The Hall–Kier alpha value is -2.41. The molecule has 6 nitrogen and oxygen atoms in total. The van der Waals surface area contributed by atoms with Gasteiger partial charge in [-0.25, -0.2) is 0 Å². The molecule has 2 aromatic carbocycles. The molecule has 3 heterocycles. The number of hydrogen-bond acceptors (Lipinski definition) is 6. The van der Waals surface area contributed by atoms with E-state index in [1.807, 2.05) is 36.4 Å². The Morgan fingerprint density at radius 1 is 0.758 bits per heavy atom. The summed E-state index contributed by atoms with van der Waals surface area (Å²) < 4.78 is 6.07. The van der Waals surface area contributed by atoms with Crippen molar-refractivity contribution in [1.29, 1.82) is 0 Å². The van der Waals surface area contributed by atoms with E-state index in [1.54, 1.807) is 0 Å². The lowest BCUT2D eigenvalue weighted by Gasteiger charge is -2.39. The second-order valence-electron chi connectivity index (χ2n) is 9.94. The molecule has 2 aliphatic rings. The van der Waals surface area contributed by atoms with Crippen molar-refractivity contribution >= 4 is 27.6 Å². The summed E-state index contributed by atoms with van der Waals surface area (Å²) in [7, 11) is 0. The molecule has 176 valence electrons. The molecule has 33 heavy (non-hydrogen) atoms. The summed E-state index contributed by atoms with van der Waals surface area (Å²) in [5.41, 5.74) is 2.41. The number of rotatable bonds is 6. The van der Waals surface area contributed by atoms with E-state index >= 15 is 0 Å². The molecule has 0 amide bonds. The van der Waals surface area contributed by atoms with Gasteiger partial charge in [0.25, 0.3) is 0 Å². The lowest BCUT2D eigenvalue weighted by molar-refractivity contribution is 0.109. The van der Waals surface area contributed by atoms with Crippen molar-refractivity contribution in [3.8, 4) is 0 Å². The second kappa shape index (κ2) is 9.84. The minimum absolute atomic E-state index is 0.0708. The van der Waals surface area contributed by atoms with Crippen LogP contribution in [0, 0.1) is 5.92 Å². The predicted octanol–water partition coefficient (Wildman–Crippen LogP) is 3.34. The van der Waals surface area contributed by atoms with Crippen LogP contribution in [0.3, 0.4) is 0 Å². The fourth-order valence-electron chi connectivity index (χ4n) is 5.30. The molecule has 0 bridgehead atoms. The van der Waals surface area contributed by atoms with Gasteiger partial charge in [0, 0.05) is 72.0 Å². The highest BCUT2D eigenvalue weighted by Gasteiger charge is 2.22. The van der Waals surface area contributed by atoms with Crippen LogP contribution in [0.4, 0.5) is 5.69 Å². The lowest BCUT2D eigenvalue weighted by Crippen LogP contribution is -2.51. The van der Waals surface area contributed by atoms with Gasteiger partial charge in [0.05, 0.1) is 16.5 Å². The van der Waals surface area contributed by atoms with Gasteiger partial charge in [0.2, 0.25) is 5.43 Å². The molecule has 0 N–H and O–H groups in total. The third-order valence-corrected chi connectivity index (χ3v) is 7.12. The van der Waals surface area contributed by atoms with Gasteiger partial charge in [-0.05, 0) is 30.2 Å². The van der Waals surface area contributed by atoms with Gasteiger partial charge in [0.1, 0.15) is 11.2 Å². The van der Waals surface area contributed by atoms with Crippen LogP contribution in [0.5, 0.6) is 0 Å². The summed E-state index contributed by atoms with van der Waals surface area (Å²) in [4.78, 5) is 23.4. The summed E-state index contributed by atoms with van der Waals surface area (Å²) in [6.45, 7) is 16.8. The van der Waals surface area contributed by atoms with E-state index in [0.29, 0.717) is 21.9 Å². The van der Waals surface area contributed by atoms with Gasteiger partial charge in [0.15, 0.2) is 0 Å². The van der Waals surface area contributed by atoms with Crippen LogP contribution in [0.1, 0.15) is 13.8 Å². The van der Waals surface area contributed by atoms with E-state index in [4.69, 9.17) is 4.42 Å². The van der Waals surface area contributed by atoms with Crippen molar-refractivity contribution in [2.45, 2.75) is 13.8 Å². The third-order valence-electron chi connectivity index (χ3n) is 7.12. The van der Waals surface area contributed by atoms with Crippen LogP contribution in [-0.4, -0.2) is 86.7 Å². The fourth-order valence-corrected chi connectivity index (χ4v) is 5.30. The standard InChI is InChI=1S/C27H36N4O2/c1-21(2)20-30-14-12-28(13-15-30)10-11-29-16-18-31(19-17-29)23-7-5-9-25-26(23)27(32)22-6-3-4-8-24(22)33-25/h3-9,21H,10-20H2,1-2H3. The Kier molecular flexibility index (Phi) is 6.67. The summed E-state index contributed by atoms with van der Waals surface area (Å²) in [5.74, 6) is 0.750. The number of anilines is 1. The topological polar surface area (TPSA) is 43.2 Å². The van der Waals surface area contributed by atoms with E-state index in [9.17, 15) is 4.79 Å². The average Bonchev–Trinajstić information content (AvgIpc) is 2.83. The monoisotopic (exact) mass is 448 g/mol. The van der Waals surface area contributed by atoms with Crippen LogP contribution in [0.25, 0.3) is 21.9 Å². The van der Waals surface area contributed by atoms with E-state index in [0.717, 1.165) is 50.9 Å². The zero-order chi connectivity index (χ0) is 22.8. The maximum Gasteiger partial charge on any atom is 0.202 e. The quantitative estimate of drug-likeness (QED) is 0.539. The van der Waals surface area contributed by atoms with Crippen molar-refractivity contribution in [3.05, 3.63) is 52.7 Å². The number of piperazine rings is 2. The maximum absolute atomic E-state index is 13.3. The van der Waals surface area contributed by atoms with E-state index in [-0.39, 0.29) is 5.43 Å². The smallest absolute Gasteiger partial charge is 0.202 e. The molecule has 6 heteroatoms. The van der Waals surface area contributed by atoms with Crippen LogP contribution in [-0.2, 0) is 0 Å². The van der Waals surface area contributed by atoms with Crippen molar-refractivity contribution in [2.75, 3.05) is 76.9 Å². The summed E-state index contributed by atoms with van der Waals surface area (Å²) in [5, 5.41) is 1.37. The first-order valence-corrected chi connectivity index (χ1v) is 12.4. The van der Waals surface area contributed by atoms with E-state index in [1.165, 1.54) is 32.7 Å². The first-order chi connectivity index (χ1) is 16.1. The predicted molar refractivity (Wildman–Crippen MR) is 136 cm³/mol. The van der Waals surface area contributed by atoms with Crippen LogP contribution >= 0.6 is 0 Å². The Morgan fingerprint density at radius 3 is 2.06 bits per heavy atom. The maximum atomic E-state index is 13.3. The molecule has 0 unspecified atom stereocenters. The highest BCUT2D eigenvalue weighted by atomic mass is 16.3. The molecule has 0 atom stereocenters. The highest BCUT2D eigenvalue weighted by molar-refractivity contribution is 5.97. The molecule has 3 aromatic rings. The van der Waals surface area contributed by atoms with Crippen molar-refractivity contribution in [2.24, 2.45) is 5.92 Å². The molecule has 2 aliphatic heterocycles. The minimum atomic E-state index is 0.0708. The number of para-hydroxylation sites is 1. The van der Waals surface area contributed by atoms with Gasteiger partial charge < -0.3 is 14.2 Å². The first-order valence-electron chi connectivity index (χ1n) is 12.4. The number of nitrogens with zero attached hydrogens (tertiary/aromatic N) is 4. The largest absolute Gasteiger partial charge is 0.456 e. The van der Waals surface area contributed by atoms with E-state index < -0.39 is 0 Å². The van der Waals surface area contributed by atoms with Crippen LogP contribution in [0.15, 0.2) is 51.7 Å². The number of hydrogen-bond donors (Lipinski definition) is 0. The number of fused-ring (bicyclic) bond motifs is 2. The lowest BCUT2D eigenvalue weighted by atomic mass is 10.1. The molecule has 0 spiro atoms. The Bertz CT molecular complexity index is 1140. The summed E-state index contributed by atoms with van der Waals surface area (Å²) >= 11 is 0. The van der Waals surface area contributed by atoms with Gasteiger partial charge in [-0.15, -0.1) is 0 Å². The second-order valence-corrected chi connectivity index (χ2v) is 9.94. The number of benzene rings is 2. The molecule has 1 aromatic heterocycles. The Balaban J connectivity index is 1.20. The van der Waals surface area contributed by atoms with E-state index in [2.05, 4.69) is 39.5 Å². The van der Waals surface area contributed by atoms with Gasteiger partial charge in [-0.3, -0.25) is 14.6 Å². The summed E-state index contributed by atoms with van der Waals surface area (Å²) in [6.07, 6.45) is 0. The molecule has 0 aliphatic carbocycles. The highest BCUT2D eigenvalue weighted by Crippen LogP contribution is 2.28. The first kappa shape index (κ1) is 22.4. The van der Waals surface area contributed by atoms with Crippen LogP contribution in [0.2, 0.25) is 0 Å². The SMILES string of the molecule is CC(C)CN1CCN(CCN2CCN(c3cccc4oc5ccccc5c(=O)c34)CC2)CC1. The van der Waals surface area contributed by atoms with Crippen molar-refractivity contribution in [3.63, 3.8) is 0 Å². The molecular formula is C27H36N4O2. The fraction of sp³-hybridized carbons (Fsp3) is 0.519. The molecule has 0 radical (unpaired) electrons. The van der Waals surface area contributed by atoms with Gasteiger partial charge >= 0.3 is 0 Å². The van der Waals surface area contributed by atoms with Crippen molar-refractivity contribution in [1.82, 2.24) is 14.7 Å². The third kappa shape index (κ3) is 4.93. The van der Waals surface area contributed by atoms with Gasteiger partial charge in [-0.2, -0.15) is 0 Å². The molecule has 2 fully saturated rings. The molecular weight excluding hydrogens is 412 g/mol. The Labute approximate surface area is 196 Å². The van der Waals surface area contributed by atoms with Crippen molar-refractivity contribution < 1.29 is 4.42 Å². The molecule has 5 rings (SSSR count). The molecule has 2 saturated heterocycles. The summed E-state index contributed by atoms with van der Waals surface area (Å²) in [6, 6.07) is 13.5. The zero-order valence-electron chi connectivity index (χ0n) is 20.0. The van der Waals surface area contributed by atoms with Crippen LogP contribution < -0.4 is 10.3 Å². The minimum Gasteiger partial charge on any atom is -0.456 e.